The minimum absolute atomic E-state index is 0.460. The number of nitrogens with zero attached hydrogens (tertiary/aromatic N) is 4. The summed E-state index contributed by atoms with van der Waals surface area (Å²) in [6.45, 7) is 1.75. The lowest BCUT2D eigenvalue weighted by Crippen LogP contribution is -1.98. The van der Waals surface area contributed by atoms with Crippen LogP contribution in [0.25, 0.3) is 5.69 Å². The lowest BCUT2D eigenvalue weighted by Gasteiger charge is -2.06. The summed E-state index contributed by atoms with van der Waals surface area (Å²) in [6.07, 6.45) is -0.460. The summed E-state index contributed by atoms with van der Waals surface area (Å²) < 4.78 is 1.70. The summed E-state index contributed by atoms with van der Waals surface area (Å²) in [7, 11) is 0. The van der Waals surface area contributed by atoms with Gasteiger partial charge in [-0.05, 0) is 58.9 Å². The van der Waals surface area contributed by atoms with E-state index in [4.69, 9.17) is 0 Å². The van der Waals surface area contributed by atoms with Crippen LogP contribution in [0.3, 0.4) is 0 Å². The Morgan fingerprint density at radius 2 is 1.76 bits per heavy atom. The van der Waals surface area contributed by atoms with Crippen molar-refractivity contribution in [3.8, 4) is 5.69 Å². The summed E-state index contributed by atoms with van der Waals surface area (Å²) >= 11 is 1.48. The van der Waals surface area contributed by atoms with Gasteiger partial charge in [0.25, 0.3) is 0 Å². The summed E-state index contributed by atoms with van der Waals surface area (Å²) in [5.41, 5.74) is 1.81. The van der Waals surface area contributed by atoms with Crippen LogP contribution in [0.1, 0.15) is 18.6 Å². The first-order valence-electron chi connectivity index (χ1n) is 6.54. The van der Waals surface area contributed by atoms with Crippen molar-refractivity contribution >= 4 is 11.8 Å². The third-order valence-corrected chi connectivity index (χ3v) is 3.96. The molecular weight excluding hydrogens is 284 g/mol. The van der Waals surface area contributed by atoms with E-state index in [2.05, 4.69) is 15.5 Å². The van der Waals surface area contributed by atoms with E-state index in [9.17, 15) is 5.11 Å². The van der Waals surface area contributed by atoms with Crippen molar-refractivity contribution in [1.82, 2.24) is 20.2 Å². The average Bonchev–Trinajstić information content (AvgIpc) is 2.97. The number of aliphatic hydroxyl groups excluding tert-OH is 1. The Kier molecular flexibility index (Phi) is 3.98. The van der Waals surface area contributed by atoms with E-state index in [1.807, 2.05) is 54.6 Å². The molecule has 0 fully saturated rings. The molecule has 3 rings (SSSR count). The fraction of sp³-hybridized carbons (Fsp3) is 0.133. The molecule has 106 valence electrons. The second-order valence-corrected chi connectivity index (χ2v) is 5.60. The van der Waals surface area contributed by atoms with Gasteiger partial charge >= 0.3 is 0 Å². The van der Waals surface area contributed by atoms with Crippen molar-refractivity contribution in [1.29, 1.82) is 0 Å². The molecular formula is C15H14N4OS. The van der Waals surface area contributed by atoms with E-state index in [0.717, 1.165) is 16.1 Å². The molecule has 0 saturated carbocycles. The topological polar surface area (TPSA) is 63.8 Å². The van der Waals surface area contributed by atoms with Gasteiger partial charge in [0.15, 0.2) is 0 Å². The van der Waals surface area contributed by atoms with Crippen molar-refractivity contribution in [2.75, 3.05) is 0 Å². The Bertz CT molecular complexity index is 710. The second kappa shape index (κ2) is 6.07. The minimum atomic E-state index is -0.460. The standard InChI is InChI=1S/C15H14N4OS/c1-11(20)12-7-9-14(10-8-12)21-15-16-17-18-19(15)13-5-3-2-4-6-13/h2-11,20H,1H3/t11-/m0/s1. The van der Waals surface area contributed by atoms with E-state index < -0.39 is 6.10 Å². The van der Waals surface area contributed by atoms with Gasteiger partial charge in [0, 0.05) is 4.90 Å². The molecule has 0 aliphatic heterocycles. The molecule has 21 heavy (non-hydrogen) atoms. The minimum Gasteiger partial charge on any atom is -0.389 e. The highest BCUT2D eigenvalue weighted by Crippen LogP contribution is 2.27. The van der Waals surface area contributed by atoms with Gasteiger partial charge in [-0.15, -0.1) is 5.10 Å². The SMILES string of the molecule is C[C@H](O)c1ccc(Sc2nnnn2-c2ccccc2)cc1. The zero-order valence-electron chi connectivity index (χ0n) is 11.4. The smallest absolute Gasteiger partial charge is 0.218 e. The van der Waals surface area contributed by atoms with Crippen LogP contribution in [-0.2, 0) is 0 Å². The molecule has 0 bridgehead atoms. The number of aromatic nitrogens is 4. The van der Waals surface area contributed by atoms with Crippen molar-refractivity contribution in [3.63, 3.8) is 0 Å². The molecule has 0 aliphatic rings. The Morgan fingerprint density at radius 3 is 2.43 bits per heavy atom. The number of para-hydroxylation sites is 1. The fourth-order valence-corrected chi connectivity index (χ4v) is 2.68. The van der Waals surface area contributed by atoms with Crippen molar-refractivity contribution in [2.45, 2.75) is 23.1 Å². The fourth-order valence-electron chi connectivity index (χ4n) is 1.89. The molecule has 0 aliphatic carbocycles. The van der Waals surface area contributed by atoms with Gasteiger partial charge in [-0.1, -0.05) is 30.3 Å². The van der Waals surface area contributed by atoms with Gasteiger partial charge in [0.2, 0.25) is 5.16 Å². The van der Waals surface area contributed by atoms with Crippen LogP contribution >= 0.6 is 11.8 Å². The van der Waals surface area contributed by atoms with E-state index in [1.54, 1.807) is 11.6 Å². The number of hydrogen-bond donors (Lipinski definition) is 1. The van der Waals surface area contributed by atoms with Gasteiger partial charge in [0.1, 0.15) is 0 Å². The highest BCUT2D eigenvalue weighted by Gasteiger charge is 2.10. The molecule has 1 aromatic heterocycles. The van der Waals surface area contributed by atoms with Gasteiger partial charge < -0.3 is 5.11 Å². The first kappa shape index (κ1) is 13.8. The Hall–Kier alpha value is -2.18. The lowest BCUT2D eigenvalue weighted by molar-refractivity contribution is 0.199. The molecule has 2 aromatic carbocycles. The number of benzene rings is 2. The summed E-state index contributed by atoms with van der Waals surface area (Å²) in [6, 6.07) is 17.5. The summed E-state index contributed by atoms with van der Waals surface area (Å²) in [5.74, 6) is 0. The van der Waals surface area contributed by atoms with E-state index in [1.165, 1.54) is 11.8 Å². The maximum Gasteiger partial charge on any atom is 0.218 e. The first-order valence-corrected chi connectivity index (χ1v) is 7.35. The molecule has 0 spiro atoms. The van der Waals surface area contributed by atoms with Gasteiger partial charge in [0.05, 0.1) is 11.8 Å². The molecule has 5 nitrogen and oxygen atoms in total. The Labute approximate surface area is 126 Å². The van der Waals surface area contributed by atoms with E-state index in [0.29, 0.717) is 5.16 Å². The molecule has 0 amide bonds. The number of hydrogen-bond acceptors (Lipinski definition) is 5. The van der Waals surface area contributed by atoms with Crippen LogP contribution in [0.15, 0.2) is 64.6 Å². The normalized spacial score (nSPS) is 12.3. The maximum atomic E-state index is 9.52. The highest BCUT2D eigenvalue weighted by atomic mass is 32.2. The van der Waals surface area contributed by atoms with Gasteiger partial charge in [-0.3, -0.25) is 0 Å². The van der Waals surface area contributed by atoms with Crippen LogP contribution in [0.2, 0.25) is 0 Å². The van der Waals surface area contributed by atoms with Crippen molar-refractivity contribution < 1.29 is 5.11 Å². The van der Waals surface area contributed by atoms with E-state index in [-0.39, 0.29) is 0 Å². The highest BCUT2D eigenvalue weighted by molar-refractivity contribution is 7.99. The maximum absolute atomic E-state index is 9.52. The third kappa shape index (κ3) is 3.12. The third-order valence-electron chi connectivity index (χ3n) is 3.01. The molecule has 0 radical (unpaired) electrons. The van der Waals surface area contributed by atoms with E-state index >= 15 is 0 Å². The van der Waals surface area contributed by atoms with Crippen molar-refractivity contribution in [3.05, 3.63) is 60.2 Å². The molecule has 3 aromatic rings. The second-order valence-electron chi connectivity index (χ2n) is 4.56. The molecule has 6 heteroatoms. The van der Waals surface area contributed by atoms with Crippen LogP contribution in [0.5, 0.6) is 0 Å². The summed E-state index contributed by atoms with van der Waals surface area (Å²) in [5, 5.41) is 22.0. The van der Waals surface area contributed by atoms with Crippen LogP contribution in [0.4, 0.5) is 0 Å². The molecule has 1 atom stereocenters. The van der Waals surface area contributed by atoms with Crippen LogP contribution in [-0.4, -0.2) is 25.3 Å². The predicted molar refractivity (Wildman–Crippen MR) is 80.4 cm³/mol. The van der Waals surface area contributed by atoms with Crippen LogP contribution in [0, 0.1) is 0 Å². The Morgan fingerprint density at radius 1 is 1.05 bits per heavy atom. The number of aliphatic hydroxyl groups is 1. The summed E-state index contributed by atoms with van der Waals surface area (Å²) in [4.78, 5) is 1.02. The van der Waals surface area contributed by atoms with Crippen molar-refractivity contribution in [2.24, 2.45) is 0 Å². The molecule has 0 saturated heterocycles. The average molecular weight is 298 g/mol. The zero-order chi connectivity index (χ0) is 14.7. The zero-order valence-corrected chi connectivity index (χ0v) is 12.2. The molecule has 0 unspecified atom stereocenters. The van der Waals surface area contributed by atoms with Gasteiger partial charge in [-0.2, -0.15) is 4.68 Å². The largest absolute Gasteiger partial charge is 0.389 e. The predicted octanol–water partition coefficient (Wildman–Crippen LogP) is 2.87. The quantitative estimate of drug-likeness (QED) is 0.802. The van der Waals surface area contributed by atoms with Gasteiger partial charge in [-0.25, -0.2) is 0 Å². The number of tetrazole rings is 1. The number of rotatable bonds is 4. The first-order chi connectivity index (χ1) is 10.2. The lowest BCUT2D eigenvalue weighted by atomic mass is 10.1. The van der Waals surface area contributed by atoms with Crippen LogP contribution < -0.4 is 0 Å². The molecule has 1 heterocycles. The Balaban J connectivity index is 1.84. The monoisotopic (exact) mass is 298 g/mol. The molecule has 1 N–H and O–H groups in total.